The van der Waals surface area contributed by atoms with Gasteiger partial charge in [0.15, 0.2) is 0 Å². The van der Waals surface area contributed by atoms with Crippen LogP contribution < -0.4 is 0 Å². The van der Waals surface area contributed by atoms with Gasteiger partial charge in [-0.25, -0.2) is 12.7 Å². The molecule has 0 N–H and O–H groups in total. The molecule has 0 spiro atoms. The van der Waals surface area contributed by atoms with E-state index in [1.165, 1.54) is 10.6 Å². The summed E-state index contributed by atoms with van der Waals surface area (Å²) in [6.45, 7) is 2.53. The second-order valence-corrected chi connectivity index (χ2v) is 7.72. The van der Waals surface area contributed by atoms with Crippen LogP contribution in [0.3, 0.4) is 0 Å². The van der Waals surface area contributed by atoms with E-state index in [0.29, 0.717) is 25.9 Å². The number of carbonyl (C=O) groups excluding carboxylic acids is 1. The fourth-order valence-electron chi connectivity index (χ4n) is 3.10. The normalized spacial score (nSPS) is 28.8. The Hall–Kier alpha value is -0.660. The van der Waals surface area contributed by atoms with Gasteiger partial charge in [0, 0.05) is 45.6 Å². The van der Waals surface area contributed by atoms with Gasteiger partial charge < -0.3 is 9.64 Å². The second-order valence-electron chi connectivity index (χ2n) is 5.74. The van der Waals surface area contributed by atoms with E-state index in [1.807, 2.05) is 4.90 Å². The fourth-order valence-corrected chi connectivity index (χ4v) is 4.00. The van der Waals surface area contributed by atoms with Gasteiger partial charge in [-0.15, -0.1) is 0 Å². The number of rotatable bonds is 4. The molecular formula is C13H24N2O4S. The number of carbonyl (C=O) groups is 1. The van der Waals surface area contributed by atoms with Crippen LogP contribution in [-0.2, 0) is 19.6 Å². The zero-order valence-electron chi connectivity index (χ0n) is 12.2. The lowest BCUT2D eigenvalue weighted by Gasteiger charge is -2.36. The van der Waals surface area contributed by atoms with E-state index in [-0.39, 0.29) is 17.9 Å². The molecule has 2 saturated heterocycles. The number of likely N-dealkylation sites (tertiary alicyclic amines) is 1. The lowest BCUT2D eigenvalue weighted by molar-refractivity contribution is -0.133. The van der Waals surface area contributed by atoms with E-state index in [1.54, 1.807) is 7.11 Å². The van der Waals surface area contributed by atoms with E-state index in [4.69, 9.17) is 4.74 Å². The van der Waals surface area contributed by atoms with E-state index in [2.05, 4.69) is 0 Å². The molecule has 7 heteroatoms. The lowest BCUT2D eigenvalue weighted by Crippen LogP contribution is -2.47. The summed E-state index contributed by atoms with van der Waals surface area (Å²) in [6, 6.07) is 0. The van der Waals surface area contributed by atoms with Crippen LogP contribution in [0.2, 0.25) is 0 Å². The second kappa shape index (κ2) is 6.41. The average molecular weight is 304 g/mol. The van der Waals surface area contributed by atoms with E-state index in [9.17, 15) is 13.2 Å². The molecule has 0 aromatic heterocycles. The summed E-state index contributed by atoms with van der Waals surface area (Å²) in [7, 11) is -1.56. The van der Waals surface area contributed by atoms with Gasteiger partial charge in [0.1, 0.15) is 0 Å². The first-order chi connectivity index (χ1) is 9.41. The standard InChI is InChI=1S/C13H24N2O4S/c1-19-12-5-8-15(20(2,17)18)10-11(12)9-13(16)14-6-3-4-7-14/h11-12H,3-10H2,1-2H3/t11-,12-/m1/s1. The van der Waals surface area contributed by atoms with Crippen molar-refractivity contribution in [3.8, 4) is 0 Å². The highest BCUT2D eigenvalue weighted by Crippen LogP contribution is 2.25. The number of sulfonamides is 1. The van der Waals surface area contributed by atoms with E-state index in [0.717, 1.165) is 25.9 Å². The molecule has 0 radical (unpaired) electrons. The molecule has 2 rings (SSSR count). The summed E-state index contributed by atoms with van der Waals surface area (Å²) in [5, 5.41) is 0. The Balaban J connectivity index is 1.99. The molecule has 2 aliphatic rings. The maximum Gasteiger partial charge on any atom is 0.222 e. The van der Waals surface area contributed by atoms with Crippen molar-refractivity contribution in [2.45, 2.75) is 31.8 Å². The van der Waals surface area contributed by atoms with Gasteiger partial charge >= 0.3 is 0 Å². The van der Waals surface area contributed by atoms with Gasteiger partial charge in [0.2, 0.25) is 15.9 Å². The van der Waals surface area contributed by atoms with Crippen LogP contribution in [-0.4, -0.2) is 69.2 Å². The minimum Gasteiger partial charge on any atom is -0.381 e. The summed E-state index contributed by atoms with van der Waals surface area (Å²) in [5.41, 5.74) is 0. The molecular weight excluding hydrogens is 280 g/mol. The zero-order chi connectivity index (χ0) is 14.8. The number of hydrogen-bond donors (Lipinski definition) is 0. The molecule has 1 amide bonds. The summed E-state index contributed by atoms with van der Waals surface area (Å²) in [6.07, 6.45) is 4.37. The SMILES string of the molecule is CO[C@@H]1CCN(S(C)(=O)=O)C[C@H]1CC(=O)N1CCCC1. The van der Waals surface area contributed by atoms with Crippen LogP contribution in [0.5, 0.6) is 0 Å². The van der Waals surface area contributed by atoms with Crippen molar-refractivity contribution < 1.29 is 17.9 Å². The first-order valence-corrected chi connectivity index (χ1v) is 9.02. The van der Waals surface area contributed by atoms with Crippen LogP contribution >= 0.6 is 0 Å². The number of nitrogens with zero attached hydrogens (tertiary/aromatic N) is 2. The smallest absolute Gasteiger partial charge is 0.222 e. The summed E-state index contributed by atoms with van der Waals surface area (Å²) in [5.74, 6) is 0.0847. The van der Waals surface area contributed by atoms with Gasteiger partial charge in [0.25, 0.3) is 0 Å². The van der Waals surface area contributed by atoms with Crippen molar-refractivity contribution in [1.29, 1.82) is 0 Å². The lowest BCUT2D eigenvalue weighted by atomic mass is 9.92. The Kier molecular flexibility index (Phi) is 5.04. The molecule has 0 saturated carbocycles. The highest BCUT2D eigenvalue weighted by atomic mass is 32.2. The Morgan fingerprint density at radius 2 is 1.90 bits per heavy atom. The first-order valence-electron chi connectivity index (χ1n) is 7.17. The van der Waals surface area contributed by atoms with Gasteiger partial charge in [-0.1, -0.05) is 0 Å². The van der Waals surface area contributed by atoms with Crippen LogP contribution in [0.25, 0.3) is 0 Å². The maximum absolute atomic E-state index is 12.2. The van der Waals surface area contributed by atoms with Crippen LogP contribution in [0.4, 0.5) is 0 Å². The largest absolute Gasteiger partial charge is 0.381 e. The molecule has 116 valence electrons. The Labute approximate surface area is 121 Å². The highest BCUT2D eigenvalue weighted by molar-refractivity contribution is 7.88. The van der Waals surface area contributed by atoms with Crippen molar-refractivity contribution in [3.05, 3.63) is 0 Å². The van der Waals surface area contributed by atoms with Crippen LogP contribution in [0.1, 0.15) is 25.7 Å². The summed E-state index contributed by atoms with van der Waals surface area (Å²) in [4.78, 5) is 14.1. The summed E-state index contributed by atoms with van der Waals surface area (Å²) < 4.78 is 30.2. The van der Waals surface area contributed by atoms with Crippen molar-refractivity contribution >= 4 is 15.9 Å². The molecule has 20 heavy (non-hydrogen) atoms. The van der Waals surface area contributed by atoms with E-state index >= 15 is 0 Å². The van der Waals surface area contributed by atoms with Gasteiger partial charge in [0.05, 0.1) is 12.4 Å². The first kappa shape index (κ1) is 15.7. The molecule has 2 fully saturated rings. The predicted octanol–water partition coefficient (Wildman–Crippen LogP) is 0.295. The molecule has 0 aromatic rings. The quantitative estimate of drug-likeness (QED) is 0.749. The minimum absolute atomic E-state index is 0.0282. The number of hydrogen-bond acceptors (Lipinski definition) is 4. The molecule has 2 heterocycles. The van der Waals surface area contributed by atoms with Crippen molar-refractivity contribution in [2.24, 2.45) is 5.92 Å². The van der Waals surface area contributed by atoms with Crippen molar-refractivity contribution in [2.75, 3.05) is 39.5 Å². The molecule has 0 unspecified atom stereocenters. The molecule has 2 atom stereocenters. The summed E-state index contributed by atoms with van der Waals surface area (Å²) >= 11 is 0. The monoisotopic (exact) mass is 304 g/mol. The average Bonchev–Trinajstić information content (AvgIpc) is 2.91. The molecule has 2 aliphatic heterocycles. The van der Waals surface area contributed by atoms with Crippen LogP contribution in [0.15, 0.2) is 0 Å². The number of ether oxygens (including phenoxy) is 1. The third kappa shape index (κ3) is 3.71. The maximum atomic E-state index is 12.2. The Bertz CT molecular complexity index is 445. The van der Waals surface area contributed by atoms with Crippen molar-refractivity contribution in [1.82, 2.24) is 9.21 Å². The number of amides is 1. The molecule has 0 bridgehead atoms. The topological polar surface area (TPSA) is 66.9 Å². The third-order valence-corrected chi connectivity index (χ3v) is 5.56. The van der Waals surface area contributed by atoms with E-state index < -0.39 is 10.0 Å². The molecule has 0 aliphatic carbocycles. The van der Waals surface area contributed by atoms with Gasteiger partial charge in [-0.05, 0) is 19.3 Å². The van der Waals surface area contributed by atoms with Gasteiger partial charge in [-0.2, -0.15) is 0 Å². The highest BCUT2D eigenvalue weighted by Gasteiger charge is 2.35. The minimum atomic E-state index is -3.19. The third-order valence-electron chi connectivity index (χ3n) is 4.29. The zero-order valence-corrected chi connectivity index (χ0v) is 13.1. The Morgan fingerprint density at radius 3 is 2.45 bits per heavy atom. The van der Waals surface area contributed by atoms with Crippen LogP contribution in [0, 0.1) is 5.92 Å². The predicted molar refractivity (Wildman–Crippen MR) is 75.8 cm³/mol. The number of methoxy groups -OCH3 is 1. The fraction of sp³-hybridized carbons (Fsp3) is 0.923. The van der Waals surface area contributed by atoms with Crippen molar-refractivity contribution in [3.63, 3.8) is 0 Å². The Morgan fingerprint density at radius 1 is 1.25 bits per heavy atom. The molecule has 6 nitrogen and oxygen atoms in total. The molecule has 0 aromatic carbocycles. The van der Waals surface area contributed by atoms with Gasteiger partial charge in [-0.3, -0.25) is 4.79 Å². The number of piperidine rings is 1.